The van der Waals surface area contributed by atoms with E-state index in [4.69, 9.17) is 11.0 Å². The summed E-state index contributed by atoms with van der Waals surface area (Å²) in [5, 5.41) is 8.49. The molecular weight excluding hydrogens is 187 g/mol. The Morgan fingerprint density at radius 3 is 2.64 bits per heavy atom. The minimum absolute atomic E-state index is 0.136. The number of carbonyl (C=O) groups excluding carboxylic acids is 2. The molecular formula is C9H5FN2O2. The molecule has 1 rings (SSSR count). The lowest BCUT2D eigenvalue weighted by atomic mass is 10.0. The van der Waals surface area contributed by atoms with Crippen LogP contribution in [0.1, 0.15) is 26.3 Å². The smallest absolute Gasteiger partial charge is 0.248 e. The van der Waals surface area contributed by atoms with E-state index < -0.39 is 11.7 Å². The molecule has 0 spiro atoms. The van der Waals surface area contributed by atoms with Gasteiger partial charge in [-0.15, -0.1) is 0 Å². The van der Waals surface area contributed by atoms with Crippen LogP contribution in [0.25, 0.3) is 0 Å². The summed E-state index contributed by atoms with van der Waals surface area (Å²) in [6, 6.07) is 3.43. The Kier molecular flexibility index (Phi) is 2.58. The molecule has 0 unspecified atom stereocenters. The molecule has 0 bridgehead atoms. The van der Waals surface area contributed by atoms with Crippen LogP contribution >= 0.6 is 0 Å². The molecule has 4 nitrogen and oxygen atoms in total. The molecule has 0 saturated carbocycles. The number of amides is 1. The highest BCUT2D eigenvalue weighted by Crippen LogP contribution is 2.13. The van der Waals surface area contributed by atoms with Crippen molar-refractivity contribution in [1.82, 2.24) is 0 Å². The van der Waals surface area contributed by atoms with E-state index >= 15 is 0 Å². The minimum atomic E-state index is -0.925. The summed E-state index contributed by atoms with van der Waals surface area (Å²) >= 11 is 0. The number of nitrogens with zero attached hydrogens (tertiary/aromatic N) is 1. The van der Waals surface area contributed by atoms with Crippen LogP contribution in [0.15, 0.2) is 12.1 Å². The van der Waals surface area contributed by atoms with Gasteiger partial charge in [0.2, 0.25) is 5.91 Å². The molecule has 1 amide bonds. The zero-order valence-corrected chi connectivity index (χ0v) is 6.95. The fourth-order valence-electron chi connectivity index (χ4n) is 0.981. The molecule has 0 atom stereocenters. The van der Waals surface area contributed by atoms with E-state index in [0.717, 1.165) is 12.1 Å². The Morgan fingerprint density at radius 2 is 2.21 bits per heavy atom. The van der Waals surface area contributed by atoms with E-state index in [9.17, 15) is 14.0 Å². The second-order valence-electron chi connectivity index (χ2n) is 2.52. The molecule has 0 fully saturated rings. The van der Waals surface area contributed by atoms with Gasteiger partial charge in [-0.2, -0.15) is 5.26 Å². The monoisotopic (exact) mass is 192 g/mol. The van der Waals surface area contributed by atoms with Crippen LogP contribution in [0.4, 0.5) is 4.39 Å². The second kappa shape index (κ2) is 3.66. The van der Waals surface area contributed by atoms with Crippen LogP contribution < -0.4 is 5.73 Å². The summed E-state index contributed by atoms with van der Waals surface area (Å²) in [5.41, 5.74) is 4.19. The maximum atomic E-state index is 13.1. The third-order valence-corrected chi connectivity index (χ3v) is 1.64. The molecule has 70 valence electrons. The lowest BCUT2D eigenvalue weighted by molar-refractivity contribution is 0.1000. The number of carbonyl (C=O) groups is 2. The van der Waals surface area contributed by atoms with Crippen LogP contribution in [0.3, 0.4) is 0 Å². The second-order valence-corrected chi connectivity index (χ2v) is 2.52. The maximum Gasteiger partial charge on any atom is 0.248 e. The first-order valence-corrected chi connectivity index (χ1v) is 3.58. The number of nitriles is 1. The minimum Gasteiger partial charge on any atom is -0.366 e. The number of hydrogen-bond donors (Lipinski definition) is 1. The van der Waals surface area contributed by atoms with Crippen molar-refractivity contribution in [1.29, 1.82) is 5.26 Å². The average Bonchev–Trinajstić information content (AvgIpc) is 2.16. The standard InChI is InChI=1S/C9H5FN2O2/c10-8-2-5(9(12)14)1-6(4-13)7(8)3-11/h1-2,4H,(H2,12,14). The van der Waals surface area contributed by atoms with E-state index in [1.54, 1.807) is 0 Å². The van der Waals surface area contributed by atoms with Gasteiger partial charge in [-0.05, 0) is 12.1 Å². The van der Waals surface area contributed by atoms with Crippen molar-refractivity contribution in [2.75, 3.05) is 0 Å². The van der Waals surface area contributed by atoms with Crippen molar-refractivity contribution >= 4 is 12.2 Å². The van der Waals surface area contributed by atoms with Crippen LogP contribution in [0.2, 0.25) is 0 Å². The molecule has 1 aromatic rings. The predicted octanol–water partition coefficient (Wildman–Crippen LogP) is 0.609. The SMILES string of the molecule is N#Cc1c(F)cc(C(N)=O)cc1C=O. The number of rotatable bonds is 2. The molecule has 0 aliphatic rings. The van der Waals surface area contributed by atoms with Crippen molar-refractivity contribution in [3.8, 4) is 6.07 Å². The zero-order chi connectivity index (χ0) is 10.7. The van der Waals surface area contributed by atoms with Crippen molar-refractivity contribution in [2.24, 2.45) is 5.73 Å². The third-order valence-electron chi connectivity index (χ3n) is 1.64. The first-order valence-electron chi connectivity index (χ1n) is 3.58. The Labute approximate surface area is 78.7 Å². The molecule has 0 saturated heterocycles. The Morgan fingerprint density at radius 1 is 1.57 bits per heavy atom. The third kappa shape index (κ3) is 1.59. The Hall–Kier alpha value is -2.22. The van der Waals surface area contributed by atoms with Crippen LogP contribution in [0.5, 0.6) is 0 Å². The largest absolute Gasteiger partial charge is 0.366 e. The fraction of sp³-hybridized carbons (Fsp3) is 0. The molecule has 0 aromatic heterocycles. The highest BCUT2D eigenvalue weighted by Gasteiger charge is 2.12. The van der Waals surface area contributed by atoms with Crippen molar-refractivity contribution < 1.29 is 14.0 Å². The number of primary amides is 1. The normalized spacial score (nSPS) is 9.14. The number of aldehydes is 1. The van der Waals surface area contributed by atoms with Crippen LogP contribution in [0, 0.1) is 17.1 Å². The van der Waals surface area contributed by atoms with Crippen molar-refractivity contribution in [2.45, 2.75) is 0 Å². The lowest BCUT2D eigenvalue weighted by Gasteiger charge is -2.00. The lowest BCUT2D eigenvalue weighted by Crippen LogP contribution is -2.12. The molecule has 14 heavy (non-hydrogen) atoms. The molecule has 5 heteroatoms. The topological polar surface area (TPSA) is 83.9 Å². The van der Waals surface area contributed by atoms with Gasteiger partial charge in [-0.25, -0.2) is 4.39 Å². The highest BCUT2D eigenvalue weighted by atomic mass is 19.1. The molecule has 0 heterocycles. The summed E-state index contributed by atoms with van der Waals surface area (Å²) < 4.78 is 13.1. The number of hydrogen-bond acceptors (Lipinski definition) is 3. The van der Waals surface area contributed by atoms with Gasteiger partial charge in [0, 0.05) is 11.1 Å². The van der Waals surface area contributed by atoms with E-state index in [1.807, 2.05) is 0 Å². The van der Waals surface area contributed by atoms with Gasteiger partial charge in [0.05, 0.1) is 5.56 Å². The quantitative estimate of drug-likeness (QED) is 0.696. The Bertz CT molecular complexity index is 449. The van der Waals surface area contributed by atoms with E-state index in [0.29, 0.717) is 6.29 Å². The summed E-state index contributed by atoms with van der Waals surface area (Å²) in [6.07, 6.45) is 0.300. The fourth-order valence-corrected chi connectivity index (χ4v) is 0.981. The number of benzene rings is 1. The first kappa shape index (κ1) is 9.86. The van der Waals surface area contributed by atoms with Gasteiger partial charge < -0.3 is 5.73 Å². The summed E-state index contributed by atoms with van der Waals surface area (Å²) in [4.78, 5) is 21.1. The van der Waals surface area contributed by atoms with Gasteiger partial charge in [0.25, 0.3) is 0 Å². The predicted molar refractivity (Wildman–Crippen MR) is 45.0 cm³/mol. The van der Waals surface area contributed by atoms with Crippen molar-refractivity contribution in [3.05, 3.63) is 34.6 Å². The average molecular weight is 192 g/mol. The number of halogens is 1. The van der Waals surface area contributed by atoms with E-state index in [-0.39, 0.29) is 16.7 Å². The first-order chi connectivity index (χ1) is 6.60. The van der Waals surface area contributed by atoms with Crippen LogP contribution in [-0.2, 0) is 0 Å². The number of nitrogens with two attached hydrogens (primary N) is 1. The van der Waals surface area contributed by atoms with Gasteiger partial charge in [0.15, 0.2) is 6.29 Å². The van der Waals surface area contributed by atoms with Crippen molar-refractivity contribution in [3.63, 3.8) is 0 Å². The van der Waals surface area contributed by atoms with Gasteiger partial charge in [-0.3, -0.25) is 9.59 Å². The van der Waals surface area contributed by atoms with Gasteiger partial charge in [-0.1, -0.05) is 0 Å². The maximum absolute atomic E-state index is 13.1. The molecule has 1 aromatic carbocycles. The van der Waals surface area contributed by atoms with E-state index in [1.165, 1.54) is 6.07 Å². The molecule has 0 aliphatic carbocycles. The zero-order valence-electron chi connectivity index (χ0n) is 6.95. The van der Waals surface area contributed by atoms with Crippen LogP contribution in [-0.4, -0.2) is 12.2 Å². The molecule has 0 radical (unpaired) electrons. The Balaban J connectivity index is 3.48. The van der Waals surface area contributed by atoms with E-state index in [2.05, 4.69) is 0 Å². The van der Waals surface area contributed by atoms with Gasteiger partial charge in [0.1, 0.15) is 11.9 Å². The molecule has 0 aliphatic heterocycles. The summed E-state index contributed by atoms with van der Waals surface area (Å²) in [5.74, 6) is -1.78. The summed E-state index contributed by atoms with van der Waals surface area (Å²) in [6.45, 7) is 0. The summed E-state index contributed by atoms with van der Waals surface area (Å²) in [7, 11) is 0. The molecule has 2 N–H and O–H groups in total. The highest BCUT2D eigenvalue weighted by molar-refractivity contribution is 5.95. The van der Waals surface area contributed by atoms with Gasteiger partial charge >= 0.3 is 0 Å².